The Morgan fingerprint density at radius 3 is 2.70 bits per heavy atom. The number of halogens is 1. The van der Waals surface area contributed by atoms with Gasteiger partial charge in [0.25, 0.3) is 0 Å². The van der Waals surface area contributed by atoms with Gasteiger partial charge in [0.05, 0.1) is 0 Å². The van der Waals surface area contributed by atoms with Crippen LogP contribution in [0.3, 0.4) is 0 Å². The van der Waals surface area contributed by atoms with Crippen molar-refractivity contribution in [2.45, 2.75) is 29.1 Å². The number of rotatable bonds is 3. The third-order valence-electron chi connectivity index (χ3n) is 3.77. The summed E-state index contributed by atoms with van der Waals surface area (Å²) in [5, 5.41) is 3.41. The average Bonchev–Trinajstić information content (AvgIpc) is 2.92. The molecule has 1 unspecified atom stereocenters. The van der Waals surface area contributed by atoms with Crippen LogP contribution in [0.4, 0.5) is 4.39 Å². The molecule has 104 valence electrons. The molecule has 1 aliphatic heterocycles. The van der Waals surface area contributed by atoms with Crippen LogP contribution in [0.25, 0.3) is 0 Å². The second kappa shape index (κ2) is 5.98. The molecule has 0 amide bonds. The van der Waals surface area contributed by atoms with Gasteiger partial charge in [-0.15, -0.1) is 0 Å². The standard InChI is InChI=1S/C17H18FNS/c1-12-9-16(20-15-4-2-3-14(18)10-15)5-6-17(12)13-7-8-19-11-13/h2-6,9-10,13,19H,7-8,11H2,1H3. The van der Waals surface area contributed by atoms with E-state index in [2.05, 4.69) is 30.4 Å². The fraction of sp³-hybridized carbons (Fsp3) is 0.294. The lowest BCUT2D eigenvalue weighted by Gasteiger charge is -2.13. The molecule has 2 aromatic rings. The topological polar surface area (TPSA) is 12.0 Å². The van der Waals surface area contributed by atoms with Crippen LogP contribution < -0.4 is 5.32 Å². The summed E-state index contributed by atoms with van der Waals surface area (Å²) in [5.74, 6) is 0.462. The summed E-state index contributed by atoms with van der Waals surface area (Å²) in [6, 6.07) is 13.3. The first-order valence-corrected chi connectivity index (χ1v) is 7.79. The van der Waals surface area contributed by atoms with E-state index < -0.39 is 0 Å². The zero-order valence-electron chi connectivity index (χ0n) is 11.5. The van der Waals surface area contributed by atoms with Crippen molar-refractivity contribution in [1.82, 2.24) is 5.32 Å². The van der Waals surface area contributed by atoms with E-state index in [1.54, 1.807) is 23.9 Å². The van der Waals surface area contributed by atoms with Crippen LogP contribution in [0.2, 0.25) is 0 Å². The zero-order chi connectivity index (χ0) is 13.9. The Bertz CT molecular complexity index is 606. The van der Waals surface area contributed by atoms with E-state index in [9.17, 15) is 4.39 Å². The average molecular weight is 287 g/mol. The van der Waals surface area contributed by atoms with Crippen LogP contribution in [0.1, 0.15) is 23.5 Å². The molecule has 0 spiro atoms. The zero-order valence-corrected chi connectivity index (χ0v) is 12.3. The lowest BCUT2D eigenvalue weighted by molar-refractivity contribution is 0.624. The third-order valence-corrected chi connectivity index (χ3v) is 4.75. The summed E-state index contributed by atoms with van der Waals surface area (Å²) >= 11 is 1.61. The van der Waals surface area contributed by atoms with Crippen LogP contribution in [0.5, 0.6) is 0 Å². The molecule has 20 heavy (non-hydrogen) atoms. The minimum Gasteiger partial charge on any atom is -0.316 e. The first-order chi connectivity index (χ1) is 9.72. The number of hydrogen-bond donors (Lipinski definition) is 1. The molecule has 1 aliphatic rings. The second-order valence-electron chi connectivity index (χ2n) is 5.27. The smallest absolute Gasteiger partial charge is 0.124 e. The minimum atomic E-state index is -0.180. The van der Waals surface area contributed by atoms with Gasteiger partial charge in [-0.2, -0.15) is 0 Å². The molecule has 1 N–H and O–H groups in total. The van der Waals surface area contributed by atoms with Crippen LogP contribution in [0, 0.1) is 12.7 Å². The van der Waals surface area contributed by atoms with Crippen molar-refractivity contribution in [3.63, 3.8) is 0 Å². The Labute approximate surface area is 123 Å². The van der Waals surface area contributed by atoms with Gasteiger partial charge in [0.1, 0.15) is 5.82 Å². The van der Waals surface area contributed by atoms with E-state index in [0.717, 1.165) is 18.0 Å². The van der Waals surface area contributed by atoms with Crippen molar-refractivity contribution in [2.24, 2.45) is 0 Å². The van der Waals surface area contributed by atoms with Crippen molar-refractivity contribution >= 4 is 11.8 Å². The van der Waals surface area contributed by atoms with E-state index in [1.807, 2.05) is 6.07 Å². The predicted molar refractivity (Wildman–Crippen MR) is 81.9 cm³/mol. The molecule has 0 bridgehead atoms. The number of nitrogens with one attached hydrogen (secondary N) is 1. The van der Waals surface area contributed by atoms with E-state index >= 15 is 0 Å². The van der Waals surface area contributed by atoms with Gasteiger partial charge in [0.15, 0.2) is 0 Å². The number of aryl methyl sites for hydroxylation is 1. The minimum absolute atomic E-state index is 0.180. The normalized spacial score (nSPS) is 18.4. The van der Waals surface area contributed by atoms with Crippen LogP contribution in [-0.4, -0.2) is 13.1 Å². The van der Waals surface area contributed by atoms with Crippen molar-refractivity contribution in [1.29, 1.82) is 0 Å². The molecular weight excluding hydrogens is 269 g/mol. The summed E-state index contributed by atoms with van der Waals surface area (Å²) in [5.41, 5.74) is 2.78. The Kier molecular flexibility index (Phi) is 4.08. The Morgan fingerprint density at radius 1 is 1.15 bits per heavy atom. The van der Waals surface area contributed by atoms with Gasteiger partial charge >= 0.3 is 0 Å². The van der Waals surface area contributed by atoms with Gasteiger partial charge in [-0.1, -0.05) is 23.9 Å². The highest BCUT2D eigenvalue weighted by molar-refractivity contribution is 7.99. The van der Waals surface area contributed by atoms with Crippen molar-refractivity contribution < 1.29 is 4.39 Å². The fourth-order valence-corrected chi connectivity index (χ4v) is 3.72. The predicted octanol–water partition coefficient (Wildman–Crippen LogP) is 4.36. The van der Waals surface area contributed by atoms with Crippen molar-refractivity contribution in [2.75, 3.05) is 13.1 Å². The summed E-state index contributed by atoms with van der Waals surface area (Å²) in [7, 11) is 0. The molecule has 1 nitrogen and oxygen atoms in total. The molecule has 1 atom stereocenters. The maximum absolute atomic E-state index is 13.2. The fourth-order valence-electron chi connectivity index (χ4n) is 2.76. The van der Waals surface area contributed by atoms with Crippen LogP contribution in [-0.2, 0) is 0 Å². The molecular formula is C17H18FNS. The molecule has 0 radical (unpaired) electrons. The van der Waals surface area contributed by atoms with Crippen molar-refractivity contribution in [3.8, 4) is 0 Å². The highest BCUT2D eigenvalue weighted by Gasteiger charge is 2.18. The monoisotopic (exact) mass is 287 g/mol. The quantitative estimate of drug-likeness (QED) is 0.900. The highest BCUT2D eigenvalue weighted by atomic mass is 32.2. The molecule has 2 aromatic carbocycles. The van der Waals surface area contributed by atoms with Crippen molar-refractivity contribution in [3.05, 3.63) is 59.4 Å². The highest BCUT2D eigenvalue weighted by Crippen LogP contribution is 2.32. The number of hydrogen-bond acceptors (Lipinski definition) is 2. The third kappa shape index (κ3) is 3.05. The number of benzene rings is 2. The van der Waals surface area contributed by atoms with Gasteiger partial charge in [0, 0.05) is 16.3 Å². The summed E-state index contributed by atoms with van der Waals surface area (Å²) < 4.78 is 13.2. The van der Waals surface area contributed by atoms with Gasteiger partial charge < -0.3 is 5.32 Å². The molecule has 3 rings (SSSR count). The van der Waals surface area contributed by atoms with Gasteiger partial charge in [0.2, 0.25) is 0 Å². The maximum Gasteiger partial charge on any atom is 0.124 e. The van der Waals surface area contributed by atoms with Gasteiger partial charge in [-0.05, 0) is 67.3 Å². The summed E-state index contributed by atoms with van der Waals surface area (Å²) in [4.78, 5) is 2.11. The van der Waals surface area contributed by atoms with E-state index in [-0.39, 0.29) is 5.82 Å². The SMILES string of the molecule is Cc1cc(Sc2cccc(F)c2)ccc1C1CCNC1. The van der Waals surface area contributed by atoms with E-state index in [4.69, 9.17) is 0 Å². The van der Waals surface area contributed by atoms with E-state index in [1.165, 1.54) is 28.5 Å². The lowest BCUT2D eigenvalue weighted by atomic mass is 9.94. The Balaban J connectivity index is 1.79. The molecule has 0 aromatic heterocycles. The summed E-state index contributed by atoms with van der Waals surface area (Å²) in [6.07, 6.45) is 1.22. The Morgan fingerprint density at radius 2 is 2.00 bits per heavy atom. The molecule has 1 saturated heterocycles. The molecule has 1 fully saturated rings. The first-order valence-electron chi connectivity index (χ1n) is 6.97. The lowest BCUT2D eigenvalue weighted by Crippen LogP contribution is -2.08. The second-order valence-corrected chi connectivity index (χ2v) is 6.41. The molecule has 1 heterocycles. The summed E-state index contributed by atoms with van der Waals surface area (Å²) in [6.45, 7) is 4.37. The van der Waals surface area contributed by atoms with Crippen LogP contribution in [0.15, 0.2) is 52.3 Å². The maximum atomic E-state index is 13.2. The molecule has 0 saturated carbocycles. The first kappa shape index (κ1) is 13.7. The van der Waals surface area contributed by atoms with Crippen LogP contribution >= 0.6 is 11.8 Å². The van der Waals surface area contributed by atoms with Gasteiger partial charge in [-0.25, -0.2) is 4.39 Å². The van der Waals surface area contributed by atoms with E-state index in [0.29, 0.717) is 5.92 Å². The molecule has 0 aliphatic carbocycles. The molecule has 3 heteroatoms. The van der Waals surface area contributed by atoms with Gasteiger partial charge in [-0.3, -0.25) is 0 Å². The Hall–Kier alpha value is -1.32. The largest absolute Gasteiger partial charge is 0.316 e.